The van der Waals surface area contributed by atoms with Crippen LogP contribution < -0.4 is 10.2 Å². The highest BCUT2D eigenvalue weighted by atomic mass is 35.5. The number of nitrogens with one attached hydrogen (secondary N) is 1. The van der Waals surface area contributed by atoms with Gasteiger partial charge in [0.2, 0.25) is 0 Å². The Morgan fingerprint density at radius 1 is 1.56 bits per heavy atom. The third-order valence-corrected chi connectivity index (χ3v) is 2.89. The van der Waals surface area contributed by atoms with E-state index in [0.29, 0.717) is 23.8 Å². The summed E-state index contributed by atoms with van der Waals surface area (Å²) >= 11 is 5.71. The molecule has 0 saturated carbocycles. The number of hydrogen-bond acceptors (Lipinski definition) is 2. The van der Waals surface area contributed by atoms with Crippen LogP contribution >= 0.6 is 11.6 Å². The molecule has 16 heavy (non-hydrogen) atoms. The summed E-state index contributed by atoms with van der Waals surface area (Å²) in [6.07, 6.45) is 5.43. The Labute approximate surface area is 99.4 Å². The maximum Gasteiger partial charge on any atom is 0.148 e. The van der Waals surface area contributed by atoms with Gasteiger partial charge in [0.15, 0.2) is 0 Å². The van der Waals surface area contributed by atoms with Crippen LogP contribution in [0.4, 0.5) is 10.1 Å². The van der Waals surface area contributed by atoms with Crippen molar-refractivity contribution in [1.29, 1.82) is 0 Å². The molecule has 1 atom stereocenters. The van der Waals surface area contributed by atoms with Gasteiger partial charge in [0, 0.05) is 24.7 Å². The zero-order valence-corrected chi connectivity index (χ0v) is 9.47. The lowest BCUT2D eigenvalue weighted by molar-refractivity contribution is 0.525. The maximum atomic E-state index is 13.7. The zero-order valence-electron chi connectivity index (χ0n) is 8.71. The van der Waals surface area contributed by atoms with E-state index in [1.807, 2.05) is 4.90 Å². The minimum Gasteiger partial charge on any atom is -0.353 e. The second-order valence-corrected chi connectivity index (χ2v) is 4.11. The van der Waals surface area contributed by atoms with Crippen molar-refractivity contribution in [2.75, 3.05) is 24.5 Å². The number of rotatable bonds is 1. The molecule has 0 radical (unpaired) electrons. The first kappa shape index (κ1) is 11.3. The van der Waals surface area contributed by atoms with E-state index in [1.54, 1.807) is 12.1 Å². The molecule has 1 aromatic carbocycles. The van der Waals surface area contributed by atoms with Gasteiger partial charge in [0.1, 0.15) is 11.9 Å². The van der Waals surface area contributed by atoms with Gasteiger partial charge in [-0.05, 0) is 18.2 Å². The Kier molecular flexibility index (Phi) is 3.33. The highest BCUT2D eigenvalue weighted by Crippen LogP contribution is 2.24. The lowest BCUT2D eigenvalue weighted by Crippen LogP contribution is -2.51. The molecule has 0 aliphatic carbocycles. The molecule has 1 aliphatic rings. The van der Waals surface area contributed by atoms with Crippen LogP contribution in [0.15, 0.2) is 18.2 Å². The average molecular weight is 239 g/mol. The third kappa shape index (κ3) is 2.13. The lowest BCUT2D eigenvalue weighted by Gasteiger charge is -2.35. The van der Waals surface area contributed by atoms with Gasteiger partial charge in [-0.15, -0.1) is 6.42 Å². The SMILES string of the molecule is C#C[C@@H]1CNCCN1c1ccc(Cl)cc1F. The van der Waals surface area contributed by atoms with Crippen molar-refractivity contribution in [3.63, 3.8) is 0 Å². The quantitative estimate of drug-likeness (QED) is 0.752. The minimum atomic E-state index is -0.324. The van der Waals surface area contributed by atoms with Gasteiger partial charge in [-0.3, -0.25) is 0 Å². The molecule has 84 valence electrons. The number of nitrogens with zero attached hydrogens (tertiary/aromatic N) is 1. The lowest BCUT2D eigenvalue weighted by atomic mass is 10.1. The summed E-state index contributed by atoms with van der Waals surface area (Å²) in [5, 5.41) is 3.58. The van der Waals surface area contributed by atoms with Crippen LogP contribution in [0.25, 0.3) is 0 Å². The predicted molar refractivity (Wildman–Crippen MR) is 64.2 cm³/mol. The van der Waals surface area contributed by atoms with E-state index < -0.39 is 0 Å². The van der Waals surface area contributed by atoms with Crippen LogP contribution in [-0.2, 0) is 0 Å². The Morgan fingerprint density at radius 3 is 3.06 bits per heavy atom. The number of benzene rings is 1. The molecule has 0 unspecified atom stereocenters. The molecular formula is C12H12ClFN2. The predicted octanol–water partition coefficient (Wildman–Crippen LogP) is 1.89. The van der Waals surface area contributed by atoms with E-state index >= 15 is 0 Å². The van der Waals surface area contributed by atoms with Crippen molar-refractivity contribution in [3.8, 4) is 12.3 Å². The summed E-state index contributed by atoms with van der Waals surface area (Å²) in [5.41, 5.74) is 0.522. The monoisotopic (exact) mass is 238 g/mol. The molecule has 1 aliphatic heterocycles. The van der Waals surface area contributed by atoms with E-state index in [1.165, 1.54) is 6.07 Å². The molecule has 0 bridgehead atoms. The highest BCUT2D eigenvalue weighted by Gasteiger charge is 2.22. The molecular weight excluding hydrogens is 227 g/mol. The molecule has 1 saturated heterocycles. The van der Waals surface area contributed by atoms with Crippen LogP contribution in [0.2, 0.25) is 5.02 Å². The first-order chi connectivity index (χ1) is 7.72. The Morgan fingerprint density at radius 2 is 2.38 bits per heavy atom. The number of terminal acetylenes is 1. The van der Waals surface area contributed by atoms with Gasteiger partial charge >= 0.3 is 0 Å². The summed E-state index contributed by atoms with van der Waals surface area (Å²) in [6, 6.07) is 4.56. The largest absolute Gasteiger partial charge is 0.353 e. The molecule has 0 amide bonds. The van der Waals surface area contributed by atoms with Crippen LogP contribution in [-0.4, -0.2) is 25.7 Å². The van der Waals surface area contributed by atoms with Crippen molar-refractivity contribution in [1.82, 2.24) is 5.32 Å². The molecule has 0 spiro atoms. The second-order valence-electron chi connectivity index (χ2n) is 3.68. The summed E-state index contributed by atoms with van der Waals surface area (Å²) in [4.78, 5) is 1.89. The summed E-state index contributed by atoms with van der Waals surface area (Å²) in [7, 11) is 0. The fraction of sp³-hybridized carbons (Fsp3) is 0.333. The van der Waals surface area contributed by atoms with Crippen molar-refractivity contribution in [3.05, 3.63) is 29.0 Å². The maximum absolute atomic E-state index is 13.7. The van der Waals surface area contributed by atoms with Gasteiger partial charge < -0.3 is 10.2 Å². The van der Waals surface area contributed by atoms with Crippen molar-refractivity contribution in [2.24, 2.45) is 0 Å². The summed E-state index contributed by atoms with van der Waals surface area (Å²) in [6.45, 7) is 2.19. The van der Waals surface area contributed by atoms with Gasteiger partial charge in [0.05, 0.1) is 5.69 Å². The van der Waals surface area contributed by atoms with Crippen LogP contribution in [0.5, 0.6) is 0 Å². The topological polar surface area (TPSA) is 15.3 Å². The molecule has 4 heteroatoms. The summed E-state index contributed by atoms with van der Waals surface area (Å²) < 4.78 is 13.7. The number of anilines is 1. The smallest absolute Gasteiger partial charge is 0.148 e. The number of hydrogen-bond donors (Lipinski definition) is 1. The Bertz CT molecular complexity index is 428. The number of halogens is 2. The summed E-state index contributed by atoms with van der Waals surface area (Å²) in [5.74, 6) is 2.33. The van der Waals surface area contributed by atoms with E-state index in [2.05, 4.69) is 11.2 Å². The van der Waals surface area contributed by atoms with Crippen molar-refractivity contribution < 1.29 is 4.39 Å². The first-order valence-corrected chi connectivity index (χ1v) is 5.48. The molecule has 2 nitrogen and oxygen atoms in total. The zero-order chi connectivity index (χ0) is 11.5. The van der Waals surface area contributed by atoms with Crippen molar-refractivity contribution >= 4 is 17.3 Å². The Balaban J connectivity index is 2.31. The molecule has 1 N–H and O–H groups in total. The van der Waals surface area contributed by atoms with E-state index in [-0.39, 0.29) is 11.9 Å². The van der Waals surface area contributed by atoms with E-state index in [0.717, 1.165) is 6.54 Å². The molecule has 0 aromatic heterocycles. The minimum absolute atomic E-state index is 0.107. The molecule has 2 rings (SSSR count). The van der Waals surface area contributed by atoms with E-state index in [4.69, 9.17) is 18.0 Å². The van der Waals surface area contributed by atoms with E-state index in [9.17, 15) is 4.39 Å². The van der Waals surface area contributed by atoms with Gasteiger partial charge in [-0.25, -0.2) is 4.39 Å². The Hall–Kier alpha value is -1.24. The molecule has 1 aromatic rings. The van der Waals surface area contributed by atoms with Crippen molar-refractivity contribution in [2.45, 2.75) is 6.04 Å². The van der Waals surface area contributed by atoms with Crippen LogP contribution in [0.3, 0.4) is 0 Å². The number of piperazine rings is 1. The van der Waals surface area contributed by atoms with Gasteiger partial charge in [0.25, 0.3) is 0 Å². The molecule has 1 heterocycles. The highest BCUT2D eigenvalue weighted by molar-refractivity contribution is 6.30. The van der Waals surface area contributed by atoms with Crippen LogP contribution in [0.1, 0.15) is 0 Å². The fourth-order valence-electron chi connectivity index (χ4n) is 1.86. The first-order valence-electron chi connectivity index (χ1n) is 5.11. The average Bonchev–Trinajstić information content (AvgIpc) is 2.29. The van der Waals surface area contributed by atoms with Gasteiger partial charge in [-0.2, -0.15) is 0 Å². The van der Waals surface area contributed by atoms with Crippen LogP contribution in [0, 0.1) is 18.2 Å². The molecule has 1 fully saturated rings. The normalized spacial score (nSPS) is 20.6. The third-order valence-electron chi connectivity index (χ3n) is 2.65. The standard InChI is InChI=1S/C12H12ClFN2/c1-2-10-8-15-5-6-16(10)12-4-3-9(13)7-11(12)14/h1,3-4,7,10,15H,5-6,8H2/t10-/m1/s1. The van der Waals surface area contributed by atoms with Gasteiger partial charge in [-0.1, -0.05) is 17.5 Å². The second kappa shape index (κ2) is 4.73. The fourth-order valence-corrected chi connectivity index (χ4v) is 2.01.